The van der Waals surface area contributed by atoms with Crippen LogP contribution in [0.5, 0.6) is 17.2 Å². The number of anilines is 1. The fraction of sp³-hybridized carbons (Fsp3) is 0. The van der Waals surface area contributed by atoms with Crippen LogP contribution in [0.1, 0.15) is 10.4 Å². The van der Waals surface area contributed by atoms with Crippen LogP contribution in [0.4, 0.5) is 11.4 Å². The minimum atomic E-state index is -0.739. The number of phenols is 3. The SMILES string of the molecule is O=C(Nc1ccc([N+](=O)[O-])cc1O)c1ccc(O)cc1O. The number of nitrogens with zero attached hydrogens (tertiary/aromatic N) is 1. The van der Waals surface area contributed by atoms with Crippen LogP contribution >= 0.6 is 0 Å². The van der Waals surface area contributed by atoms with Crippen molar-refractivity contribution < 1.29 is 25.0 Å². The number of nitro groups is 1. The number of hydrogen-bond donors (Lipinski definition) is 4. The number of carbonyl (C=O) groups is 1. The molecule has 4 N–H and O–H groups in total. The molecule has 2 rings (SSSR count). The summed E-state index contributed by atoms with van der Waals surface area (Å²) in [4.78, 5) is 21.8. The van der Waals surface area contributed by atoms with E-state index in [1.807, 2.05) is 0 Å². The van der Waals surface area contributed by atoms with Gasteiger partial charge >= 0.3 is 0 Å². The van der Waals surface area contributed by atoms with Crippen molar-refractivity contribution in [2.75, 3.05) is 5.32 Å². The van der Waals surface area contributed by atoms with E-state index in [2.05, 4.69) is 5.32 Å². The summed E-state index contributed by atoms with van der Waals surface area (Å²) in [6.45, 7) is 0. The van der Waals surface area contributed by atoms with Gasteiger partial charge in [0.2, 0.25) is 0 Å². The Bertz CT molecular complexity index is 729. The maximum absolute atomic E-state index is 11.9. The summed E-state index contributed by atoms with van der Waals surface area (Å²) in [6.07, 6.45) is 0. The van der Waals surface area contributed by atoms with Crippen molar-refractivity contribution in [2.24, 2.45) is 0 Å². The summed E-state index contributed by atoms with van der Waals surface area (Å²) in [5.41, 5.74) is -0.485. The van der Waals surface area contributed by atoms with Crippen molar-refractivity contribution in [3.8, 4) is 17.2 Å². The van der Waals surface area contributed by atoms with E-state index in [1.165, 1.54) is 18.2 Å². The smallest absolute Gasteiger partial charge is 0.273 e. The molecule has 0 saturated heterocycles. The van der Waals surface area contributed by atoms with Gasteiger partial charge in [0.15, 0.2) is 0 Å². The molecule has 0 atom stereocenters. The first-order valence-corrected chi connectivity index (χ1v) is 5.69. The monoisotopic (exact) mass is 290 g/mol. The van der Waals surface area contributed by atoms with Gasteiger partial charge in [0.05, 0.1) is 22.2 Å². The Morgan fingerprint density at radius 2 is 1.76 bits per heavy atom. The van der Waals surface area contributed by atoms with Gasteiger partial charge in [-0.15, -0.1) is 0 Å². The molecule has 2 aromatic rings. The zero-order valence-electron chi connectivity index (χ0n) is 10.5. The second kappa shape index (κ2) is 5.37. The first-order valence-electron chi connectivity index (χ1n) is 5.69. The number of rotatable bonds is 3. The van der Waals surface area contributed by atoms with E-state index in [0.29, 0.717) is 0 Å². The number of aromatic hydroxyl groups is 3. The highest BCUT2D eigenvalue weighted by atomic mass is 16.6. The minimum Gasteiger partial charge on any atom is -0.508 e. The van der Waals surface area contributed by atoms with E-state index < -0.39 is 22.3 Å². The Morgan fingerprint density at radius 1 is 1.05 bits per heavy atom. The Hall–Kier alpha value is -3.29. The zero-order chi connectivity index (χ0) is 15.6. The lowest BCUT2D eigenvalue weighted by Gasteiger charge is -2.08. The standard InChI is InChI=1S/C13H10N2O6/c16-8-2-3-9(11(17)6-8)13(19)14-10-4-1-7(15(20)21)5-12(10)18/h1-6,16-18H,(H,14,19). The second-order valence-corrected chi connectivity index (χ2v) is 4.11. The molecule has 0 spiro atoms. The average molecular weight is 290 g/mol. The van der Waals surface area contributed by atoms with Crippen LogP contribution in [0.2, 0.25) is 0 Å². The first-order chi connectivity index (χ1) is 9.88. The van der Waals surface area contributed by atoms with Crippen LogP contribution in [-0.4, -0.2) is 26.2 Å². The average Bonchev–Trinajstić information content (AvgIpc) is 2.40. The topological polar surface area (TPSA) is 133 Å². The van der Waals surface area contributed by atoms with Gasteiger partial charge in [0.1, 0.15) is 17.2 Å². The van der Waals surface area contributed by atoms with Gasteiger partial charge < -0.3 is 20.6 Å². The van der Waals surface area contributed by atoms with Crippen molar-refractivity contribution in [2.45, 2.75) is 0 Å². The van der Waals surface area contributed by atoms with Gasteiger partial charge in [-0.25, -0.2) is 0 Å². The Morgan fingerprint density at radius 3 is 2.33 bits per heavy atom. The first kappa shape index (κ1) is 14.1. The summed E-state index contributed by atoms with van der Waals surface area (Å²) in [5, 5.41) is 41.2. The third-order valence-electron chi connectivity index (χ3n) is 2.67. The molecule has 0 unspecified atom stereocenters. The van der Waals surface area contributed by atoms with Gasteiger partial charge in [-0.3, -0.25) is 14.9 Å². The molecular weight excluding hydrogens is 280 g/mol. The molecule has 0 heterocycles. The lowest BCUT2D eigenvalue weighted by atomic mass is 10.1. The highest BCUT2D eigenvalue weighted by molar-refractivity contribution is 6.06. The molecule has 0 bridgehead atoms. The molecule has 0 aliphatic heterocycles. The van der Waals surface area contributed by atoms with Crippen LogP contribution in [0.15, 0.2) is 36.4 Å². The van der Waals surface area contributed by atoms with Crippen molar-refractivity contribution >= 4 is 17.3 Å². The van der Waals surface area contributed by atoms with Gasteiger partial charge in [-0.2, -0.15) is 0 Å². The molecule has 8 heteroatoms. The molecule has 0 aliphatic rings. The maximum Gasteiger partial charge on any atom is 0.273 e. The quantitative estimate of drug-likeness (QED) is 0.388. The van der Waals surface area contributed by atoms with Crippen molar-refractivity contribution in [3.63, 3.8) is 0 Å². The lowest BCUT2D eigenvalue weighted by Crippen LogP contribution is -2.12. The fourth-order valence-corrected chi connectivity index (χ4v) is 1.64. The molecule has 2 aromatic carbocycles. The van der Waals surface area contributed by atoms with E-state index in [1.54, 1.807) is 0 Å². The Kier molecular flexibility index (Phi) is 3.61. The molecule has 0 saturated carbocycles. The number of phenolic OH excluding ortho intramolecular Hbond substituents is 3. The van der Waals surface area contributed by atoms with E-state index in [9.17, 15) is 25.1 Å². The van der Waals surface area contributed by atoms with Crippen LogP contribution in [0, 0.1) is 10.1 Å². The van der Waals surface area contributed by atoms with Gasteiger partial charge in [0, 0.05) is 12.1 Å². The molecule has 21 heavy (non-hydrogen) atoms. The zero-order valence-corrected chi connectivity index (χ0v) is 10.5. The molecule has 0 radical (unpaired) electrons. The van der Waals surface area contributed by atoms with Crippen LogP contribution in [-0.2, 0) is 0 Å². The van der Waals surface area contributed by atoms with Gasteiger partial charge in [-0.1, -0.05) is 0 Å². The van der Waals surface area contributed by atoms with Crippen LogP contribution < -0.4 is 5.32 Å². The fourth-order valence-electron chi connectivity index (χ4n) is 1.64. The summed E-state index contributed by atoms with van der Waals surface area (Å²) in [5.74, 6) is -1.86. The van der Waals surface area contributed by atoms with Crippen LogP contribution in [0.25, 0.3) is 0 Å². The summed E-state index contributed by atoms with van der Waals surface area (Å²) < 4.78 is 0. The van der Waals surface area contributed by atoms with Crippen molar-refractivity contribution in [1.29, 1.82) is 0 Å². The molecule has 0 aromatic heterocycles. The predicted octanol–water partition coefficient (Wildman–Crippen LogP) is 1.96. The largest absolute Gasteiger partial charge is 0.508 e. The molecule has 0 fully saturated rings. The summed E-state index contributed by atoms with van der Waals surface area (Å²) in [6, 6.07) is 6.58. The summed E-state index contributed by atoms with van der Waals surface area (Å²) in [7, 11) is 0. The molecule has 1 amide bonds. The molecule has 0 aliphatic carbocycles. The van der Waals surface area contributed by atoms with Crippen LogP contribution in [0.3, 0.4) is 0 Å². The van der Waals surface area contributed by atoms with Crippen molar-refractivity contribution in [1.82, 2.24) is 0 Å². The number of non-ortho nitro benzene ring substituents is 1. The number of nitro benzene ring substituents is 1. The van der Waals surface area contributed by atoms with E-state index in [0.717, 1.165) is 18.2 Å². The maximum atomic E-state index is 11.9. The molecule has 108 valence electrons. The predicted molar refractivity (Wildman–Crippen MR) is 72.5 cm³/mol. The number of hydrogen-bond acceptors (Lipinski definition) is 6. The van der Waals surface area contributed by atoms with E-state index in [4.69, 9.17) is 5.11 Å². The highest BCUT2D eigenvalue weighted by Crippen LogP contribution is 2.29. The van der Waals surface area contributed by atoms with E-state index >= 15 is 0 Å². The number of carbonyl (C=O) groups excluding carboxylic acids is 1. The minimum absolute atomic E-state index is 0.0434. The summed E-state index contributed by atoms with van der Waals surface area (Å²) >= 11 is 0. The van der Waals surface area contributed by atoms with Crippen molar-refractivity contribution in [3.05, 3.63) is 52.1 Å². The third kappa shape index (κ3) is 3.00. The Balaban J connectivity index is 2.25. The normalized spacial score (nSPS) is 10.1. The number of benzene rings is 2. The molecular formula is C13H10N2O6. The molecule has 8 nitrogen and oxygen atoms in total. The Labute approximate surface area is 118 Å². The highest BCUT2D eigenvalue weighted by Gasteiger charge is 2.15. The second-order valence-electron chi connectivity index (χ2n) is 4.11. The van der Waals surface area contributed by atoms with Gasteiger partial charge in [0.25, 0.3) is 11.6 Å². The third-order valence-corrected chi connectivity index (χ3v) is 2.67. The number of nitrogens with one attached hydrogen (secondary N) is 1. The lowest BCUT2D eigenvalue weighted by molar-refractivity contribution is -0.384. The van der Waals surface area contributed by atoms with Gasteiger partial charge in [-0.05, 0) is 18.2 Å². The van der Waals surface area contributed by atoms with E-state index in [-0.39, 0.29) is 22.7 Å². The number of amides is 1.